The summed E-state index contributed by atoms with van der Waals surface area (Å²) in [6, 6.07) is 3.79. The van der Waals surface area contributed by atoms with Gasteiger partial charge in [0.1, 0.15) is 5.82 Å². The molecule has 0 N–H and O–H groups in total. The van der Waals surface area contributed by atoms with Gasteiger partial charge in [-0.2, -0.15) is 0 Å². The van der Waals surface area contributed by atoms with Crippen molar-refractivity contribution in [2.24, 2.45) is 0 Å². The fraction of sp³-hybridized carbons (Fsp3) is 0.154. The Bertz CT molecular complexity index is 608. The zero-order valence-electron chi connectivity index (χ0n) is 10.2. The van der Waals surface area contributed by atoms with E-state index in [2.05, 4.69) is 9.72 Å². The molecule has 0 atom stereocenters. The van der Waals surface area contributed by atoms with Crippen molar-refractivity contribution >= 4 is 11.8 Å². The van der Waals surface area contributed by atoms with E-state index >= 15 is 0 Å². The number of Topliss-reactive ketones (excluding diaryl/α,β-unsaturated/α-hetero) is 1. The Morgan fingerprint density at radius 3 is 2.79 bits per heavy atom. The highest BCUT2D eigenvalue weighted by Gasteiger charge is 2.19. The topological polar surface area (TPSA) is 61.2 Å². The molecular formula is C13H11FN2O3. The number of hydrogen-bond acceptors (Lipinski definition) is 4. The summed E-state index contributed by atoms with van der Waals surface area (Å²) in [7, 11) is 0. The lowest BCUT2D eigenvalue weighted by molar-refractivity contribution is -0.137. The Balaban J connectivity index is 2.29. The van der Waals surface area contributed by atoms with Crippen molar-refractivity contribution in [1.29, 1.82) is 0 Å². The minimum Gasteiger partial charge on any atom is -0.460 e. The Morgan fingerprint density at radius 1 is 1.42 bits per heavy atom. The van der Waals surface area contributed by atoms with Crippen molar-refractivity contribution in [3.63, 3.8) is 0 Å². The highest BCUT2D eigenvalue weighted by atomic mass is 19.1. The van der Waals surface area contributed by atoms with Crippen molar-refractivity contribution in [1.82, 2.24) is 9.55 Å². The number of rotatable bonds is 4. The molecule has 0 aliphatic rings. The lowest BCUT2D eigenvalue weighted by atomic mass is 10.1. The summed E-state index contributed by atoms with van der Waals surface area (Å²) >= 11 is 0. The van der Waals surface area contributed by atoms with Crippen LogP contribution in [-0.2, 0) is 9.53 Å². The van der Waals surface area contributed by atoms with Crippen LogP contribution in [0, 0.1) is 5.82 Å². The van der Waals surface area contributed by atoms with Gasteiger partial charge in [0, 0.05) is 18.0 Å². The number of aromatic nitrogens is 2. The number of nitrogens with zero attached hydrogens (tertiary/aromatic N) is 2. The highest BCUT2D eigenvalue weighted by molar-refractivity contribution is 6.40. The maximum atomic E-state index is 13.9. The van der Waals surface area contributed by atoms with Gasteiger partial charge in [-0.05, 0) is 25.1 Å². The fourth-order valence-corrected chi connectivity index (χ4v) is 1.57. The molecule has 0 spiro atoms. The number of carbonyl (C=O) groups excluding carboxylic acids is 2. The van der Waals surface area contributed by atoms with Crippen LogP contribution in [0.3, 0.4) is 0 Å². The monoisotopic (exact) mass is 262 g/mol. The molecule has 98 valence electrons. The molecule has 5 nitrogen and oxygen atoms in total. The van der Waals surface area contributed by atoms with Crippen molar-refractivity contribution < 1.29 is 18.7 Å². The SMILES string of the molecule is CCOC(=O)C(=O)c1ccc(-n2ccnc2)c(F)c1. The second kappa shape index (κ2) is 5.43. The molecular weight excluding hydrogens is 251 g/mol. The molecule has 1 aromatic heterocycles. The molecule has 0 aliphatic heterocycles. The van der Waals surface area contributed by atoms with E-state index in [0.29, 0.717) is 0 Å². The van der Waals surface area contributed by atoms with E-state index in [1.165, 1.54) is 29.2 Å². The van der Waals surface area contributed by atoms with Crippen LogP contribution in [0.2, 0.25) is 0 Å². The number of hydrogen-bond donors (Lipinski definition) is 0. The molecule has 0 saturated heterocycles. The predicted molar refractivity (Wildman–Crippen MR) is 64.5 cm³/mol. The number of benzene rings is 1. The van der Waals surface area contributed by atoms with Crippen LogP contribution in [0.1, 0.15) is 17.3 Å². The Hall–Kier alpha value is -2.50. The number of carbonyl (C=O) groups is 2. The highest BCUT2D eigenvalue weighted by Crippen LogP contribution is 2.15. The second-order valence-electron chi connectivity index (χ2n) is 3.69. The maximum absolute atomic E-state index is 13.9. The van der Waals surface area contributed by atoms with Gasteiger partial charge in [-0.3, -0.25) is 4.79 Å². The molecule has 1 heterocycles. The van der Waals surface area contributed by atoms with Gasteiger partial charge in [0.15, 0.2) is 0 Å². The number of ketones is 1. The predicted octanol–water partition coefficient (Wildman–Crippen LogP) is 1.76. The molecule has 2 aromatic rings. The first-order valence-corrected chi connectivity index (χ1v) is 5.62. The number of halogens is 1. The van der Waals surface area contributed by atoms with Crippen LogP contribution in [0.4, 0.5) is 4.39 Å². The zero-order valence-corrected chi connectivity index (χ0v) is 10.2. The first-order chi connectivity index (χ1) is 9.13. The van der Waals surface area contributed by atoms with Gasteiger partial charge in [0.25, 0.3) is 5.78 Å². The van der Waals surface area contributed by atoms with Crippen LogP contribution >= 0.6 is 0 Å². The third kappa shape index (κ3) is 2.67. The molecule has 0 fully saturated rings. The fourth-order valence-electron chi connectivity index (χ4n) is 1.57. The lowest BCUT2D eigenvalue weighted by Crippen LogP contribution is -2.17. The van der Waals surface area contributed by atoms with E-state index in [4.69, 9.17) is 0 Å². The van der Waals surface area contributed by atoms with Gasteiger partial charge in [0.2, 0.25) is 0 Å². The van der Waals surface area contributed by atoms with Gasteiger partial charge in [-0.15, -0.1) is 0 Å². The minimum atomic E-state index is -0.989. The summed E-state index contributed by atoms with van der Waals surface area (Å²) in [5.74, 6) is -2.47. The molecule has 0 saturated carbocycles. The average molecular weight is 262 g/mol. The first kappa shape index (κ1) is 12.9. The van der Waals surface area contributed by atoms with Gasteiger partial charge in [-0.1, -0.05) is 0 Å². The molecule has 6 heteroatoms. The number of ether oxygens (including phenoxy) is 1. The summed E-state index contributed by atoms with van der Waals surface area (Å²) in [6.07, 6.45) is 4.52. The molecule has 0 aliphatic carbocycles. The molecule has 1 aromatic carbocycles. The van der Waals surface area contributed by atoms with E-state index in [1.807, 2.05) is 0 Å². The molecule has 0 radical (unpaired) electrons. The van der Waals surface area contributed by atoms with Crippen molar-refractivity contribution in [3.8, 4) is 5.69 Å². The quantitative estimate of drug-likeness (QED) is 0.478. The third-order valence-electron chi connectivity index (χ3n) is 2.45. The van der Waals surface area contributed by atoms with Crippen LogP contribution in [0.5, 0.6) is 0 Å². The minimum absolute atomic E-state index is 0.0418. The van der Waals surface area contributed by atoms with E-state index < -0.39 is 17.6 Å². The Morgan fingerprint density at radius 2 is 2.21 bits per heavy atom. The third-order valence-corrected chi connectivity index (χ3v) is 2.45. The molecule has 2 rings (SSSR count). The van der Waals surface area contributed by atoms with Crippen LogP contribution < -0.4 is 0 Å². The summed E-state index contributed by atoms with van der Waals surface area (Å²) in [6.45, 7) is 1.69. The van der Waals surface area contributed by atoms with E-state index in [-0.39, 0.29) is 17.9 Å². The van der Waals surface area contributed by atoms with E-state index in [0.717, 1.165) is 6.07 Å². The summed E-state index contributed by atoms with van der Waals surface area (Å²) in [5, 5.41) is 0. The molecule has 19 heavy (non-hydrogen) atoms. The molecule has 0 bridgehead atoms. The normalized spacial score (nSPS) is 10.2. The average Bonchev–Trinajstić information content (AvgIpc) is 2.91. The molecule has 0 unspecified atom stereocenters. The standard InChI is InChI=1S/C13H11FN2O3/c1-2-19-13(18)12(17)9-3-4-11(10(14)7-9)16-6-5-15-8-16/h3-8H,2H2,1H3. The van der Waals surface area contributed by atoms with Gasteiger partial charge >= 0.3 is 5.97 Å². The summed E-state index contributed by atoms with van der Waals surface area (Å²) < 4.78 is 19.9. The van der Waals surface area contributed by atoms with E-state index in [9.17, 15) is 14.0 Å². The van der Waals surface area contributed by atoms with Gasteiger partial charge < -0.3 is 9.30 Å². The van der Waals surface area contributed by atoms with Gasteiger partial charge in [0.05, 0.1) is 18.6 Å². The number of esters is 1. The van der Waals surface area contributed by atoms with Crippen LogP contribution in [0.15, 0.2) is 36.9 Å². The zero-order chi connectivity index (χ0) is 13.8. The first-order valence-electron chi connectivity index (χ1n) is 5.62. The maximum Gasteiger partial charge on any atom is 0.379 e. The van der Waals surface area contributed by atoms with Gasteiger partial charge in [-0.25, -0.2) is 14.2 Å². The lowest BCUT2D eigenvalue weighted by Gasteiger charge is -2.06. The summed E-state index contributed by atoms with van der Waals surface area (Å²) in [4.78, 5) is 26.7. The van der Waals surface area contributed by atoms with Crippen molar-refractivity contribution in [3.05, 3.63) is 48.3 Å². The Kier molecular flexibility index (Phi) is 3.70. The van der Waals surface area contributed by atoms with Crippen molar-refractivity contribution in [2.75, 3.05) is 6.61 Å². The smallest absolute Gasteiger partial charge is 0.379 e. The van der Waals surface area contributed by atoms with Crippen LogP contribution in [-0.4, -0.2) is 27.9 Å². The van der Waals surface area contributed by atoms with E-state index in [1.54, 1.807) is 13.1 Å². The summed E-state index contributed by atoms with van der Waals surface area (Å²) in [5.41, 5.74) is 0.206. The Labute approximate surface area is 108 Å². The van der Waals surface area contributed by atoms with Crippen molar-refractivity contribution in [2.45, 2.75) is 6.92 Å². The number of imidazole rings is 1. The molecule has 0 amide bonds. The largest absolute Gasteiger partial charge is 0.460 e. The second-order valence-corrected chi connectivity index (χ2v) is 3.69. The van der Waals surface area contributed by atoms with Crippen LogP contribution in [0.25, 0.3) is 5.69 Å².